The molecule has 2 heterocycles. The Hall–Kier alpha value is -1.14. The van der Waals surface area contributed by atoms with E-state index in [1.54, 1.807) is 0 Å². The predicted octanol–water partition coefficient (Wildman–Crippen LogP) is 1.10. The Kier molecular flexibility index (Phi) is 3.42. The molecule has 2 saturated heterocycles. The first kappa shape index (κ1) is 14.5. The van der Waals surface area contributed by atoms with Gasteiger partial charge in [0.25, 0.3) is 0 Å². The molecule has 0 aromatic heterocycles. The Labute approximate surface area is 129 Å². The maximum absolute atomic E-state index is 12.9. The highest BCUT2D eigenvalue weighted by Gasteiger charge is 2.55. The molecule has 0 aromatic carbocycles. The minimum atomic E-state index is -0.790. The van der Waals surface area contributed by atoms with E-state index in [0.29, 0.717) is 39.1 Å². The van der Waals surface area contributed by atoms with Gasteiger partial charge in [-0.25, -0.2) is 0 Å². The number of likely N-dealkylation sites (tertiary alicyclic amines) is 1. The Balaban J connectivity index is 1.45. The molecule has 0 unspecified atom stereocenters. The van der Waals surface area contributed by atoms with Gasteiger partial charge in [-0.3, -0.25) is 9.59 Å². The van der Waals surface area contributed by atoms with Gasteiger partial charge in [-0.05, 0) is 31.1 Å². The second kappa shape index (κ2) is 5.20. The number of hydrogen-bond acceptors (Lipinski definition) is 4. The lowest BCUT2D eigenvalue weighted by Gasteiger charge is -2.40. The summed E-state index contributed by atoms with van der Waals surface area (Å²) in [5.74, 6) is -1.54. The van der Waals surface area contributed by atoms with Crippen molar-refractivity contribution in [2.45, 2.75) is 37.9 Å². The molecule has 1 N–H and O–H groups in total. The van der Waals surface area contributed by atoms with Gasteiger partial charge in [-0.1, -0.05) is 0 Å². The Morgan fingerprint density at radius 2 is 1.59 bits per heavy atom. The van der Waals surface area contributed by atoms with Gasteiger partial charge in [0.05, 0.1) is 25.0 Å². The highest BCUT2D eigenvalue weighted by molar-refractivity contribution is 5.86. The van der Waals surface area contributed by atoms with Gasteiger partial charge >= 0.3 is 5.97 Å². The van der Waals surface area contributed by atoms with Gasteiger partial charge in [0.1, 0.15) is 0 Å². The van der Waals surface area contributed by atoms with Crippen LogP contribution in [-0.4, -0.2) is 54.0 Å². The maximum Gasteiger partial charge on any atom is 0.307 e. The van der Waals surface area contributed by atoms with Crippen LogP contribution in [0.4, 0.5) is 0 Å². The number of carboxylic acids is 1. The van der Waals surface area contributed by atoms with Crippen LogP contribution in [0.3, 0.4) is 0 Å². The summed E-state index contributed by atoms with van der Waals surface area (Å²) in [4.78, 5) is 26.3. The summed E-state index contributed by atoms with van der Waals surface area (Å²) in [6, 6.07) is 0. The topological polar surface area (TPSA) is 76.1 Å². The molecule has 2 saturated carbocycles. The summed E-state index contributed by atoms with van der Waals surface area (Å²) < 4.78 is 11.4. The molecule has 2 aliphatic carbocycles. The summed E-state index contributed by atoms with van der Waals surface area (Å²) in [6.07, 6.45) is 4.27. The van der Waals surface area contributed by atoms with Crippen LogP contribution in [-0.2, 0) is 19.1 Å². The highest BCUT2D eigenvalue weighted by atomic mass is 16.7. The van der Waals surface area contributed by atoms with Crippen molar-refractivity contribution in [2.24, 2.45) is 23.7 Å². The fraction of sp³-hybridized carbons (Fsp3) is 0.875. The highest BCUT2D eigenvalue weighted by Crippen LogP contribution is 2.53. The SMILES string of the molecule is O=C(O)[C@@H]1[C@@H]2CC[C@@H](C2)[C@@H]1C(=O)N1CCC2(CC1)OCCO2. The summed E-state index contributed by atoms with van der Waals surface area (Å²) in [6.45, 7) is 2.47. The van der Waals surface area contributed by atoms with Gasteiger partial charge in [0.2, 0.25) is 5.91 Å². The van der Waals surface area contributed by atoms with Crippen molar-refractivity contribution in [3.8, 4) is 0 Å². The average molecular weight is 309 g/mol. The van der Waals surface area contributed by atoms with E-state index < -0.39 is 17.7 Å². The van der Waals surface area contributed by atoms with Crippen LogP contribution < -0.4 is 0 Å². The normalized spacial score (nSPS) is 39.5. The van der Waals surface area contributed by atoms with E-state index in [9.17, 15) is 14.7 Å². The summed E-state index contributed by atoms with van der Waals surface area (Å²) in [5, 5.41) is 9.51. The number of carbonyl (C=O) groups excluding carboxylic acids is 1. The molecule has 4 aliphatic rings. The second-order valence-corrected chi connectivity index (χ2v) is 7.16. The van der Waals surface area contributed by atoms with Crippen LogP contribution in [0, 0.1) is 23.7 Å². The minimum Gasteiger partial charge on any atom is -0.481 e. The number of amides is 1. The van der Waals surface area contributed by atoms with Crippen molar-refractivity contribution in [2.75, 3.05) is 26.3 Å². The van der Waals surface area contributed by atoms with Crippen molar-refractivity contribution in [1.82, 2.24) is 4.90 Å². The standard InChI is InChI=1S/C16H23NO5/c18-14(12-10-1-2-11(9-10)13(12)15(19)20)17-5-3-16(4-6-17)21-7-8-22-16/h10-13H,1-9H2,(H,19,20)/t10-,11+,12-,13+/m0/s1. The first-order valence-corrected chi connectivity index (χ1v) is 8.39. The number of nitrogens with zero attached hydrogens (tertiary/aromatic N) is 1. The zero-order valence-corrected chi connectivity index (χ0v) is 12.7. The van der Waals surface area contributed by atoms with E-state index in [2.05, 4.69) is 0 Å². The predicted molar refractivity (Wildman–Crippen MR) is 75.9 cm³/mol. The lowest BCUT2D eigenvalue weighted by Crippen LogP contribution is -2.51. The van der Waals surface area contributed by atoms with Crippen molar-refractivity contribution < 1.29 is 24.2 Å². The largest absolute Gasteiger partial charge is 0.481 e. The molecule has 4 atom stereocenters. The van der Waals surface area contributed by atoms with Gasteiger partial charge in [0, 0.05) is 25.9 Å². The van der Waals surface area contributed by atoms with Crippen molar-refractivity contribution in [1.29, 1.82) is 0 Å². The smallest absolute Gasteiger partial charge is 0.307 e. The van der Waals surface area contributed by atoms with Gasteiger partial charge < -0.3 is 19.5 Å². The Morgan fingerprint density at radius 1 is 1.00 bits per heavy atom. The van der Waals surface area contributed by atoms with E-state index in [0.717, 1.165) is 19.3 Å². The molecule has 1 spiro atoms. The van der Waals surface area contributed by atoms with Gasteiger partial charge in [0.15, 0.2) is 5.79 Å². The van der Waals surface area contributed by atoms with E-state index in [1.807, 2.05) is 4.90 Å². The number of hydrogen-bond donors (Lipinski definition) is 1. The quantitative estimate of drug-likeness (QED) is 0.826. The Bertz CT molecular complexity index is 477. The molecule has 0 aromatic rings. The van der Waals surface area contributed by atoms with Gasteiger partial charge in [-0.15, -0.1) is 0 Å². The molecular weight excluding hydrogens is 286 g/mol. The number of rotatable bonds is 2. The molecule has 2 bridgehead atoms. The zero-order valence-electron chi connectivity index (χ0n) is 12.7. The number of piperidine rings is 1. The van der Waals surface area contributed by atoms with Crippen molar-refractivity contribution in [3.05, 3.63) is 0 Å². The molecule has 6 nitrogen and oxygen atoms in total. The van der Waals surface area contributed by atoms with E-state index in [4.69, 9.17) is 9.47 Å². The summed E-state index contributed by atoms with van der Waals surface area (Å²) in [5.41, 5.74) is 0. The van der Waals surface area contributed by atoms with E-state index in [-0.39, 0.29) is 23.7 Å². The van der Waals surface area contributed by atoms with Crippen LogP contribution >= 0.6 is 0 Å². The maximum atomic E-state index is 12.9. The summed E-state index contributed by atoms with van der Waals surface area (Å²) in [7, 11) is 0. The molecular formula is C16H23NO5. The van der Waals surface area contributed by atoms with Crippen LogP contribution in [0.15, 0.2) is 0 Å². The number of ether oxygens (including phenoxy) is 2. The van der Waals surface area contributed by atoms with Crippen LogP contribution in [0.25, 0.3) is 0 Å². The summed E-state index contributed by atoms with van der Waals surface area (Å²) >= 11 is 0. The molecule has 2 aliphatic heterocycles. The Morgan fingerprint density at radius 3 is 2.18 bits per heavy atom. The third kappa shape index (κ3) is 2.15. The second-order valence-electron chi connectivity index (χ2n) is 7.16. The lowest BCUT2D eigenvalue weighted by molar-refractivity contribution is -0.189. The lowest BCUT2D eigenvalue weighted by atomic mass is 9.78. The molecule has 122 valence electrons. The molecule has 4 fully saturated rings. The van der Waals surface area contributed by atoms with E-state index >= 15 is 0 Å². The number of carboxylic acid groups (broad SMARTS) is 1. The molecule has 1 amide bonds. The number of carbonyl (C=O) groups is 2. The zero-order chi connectivity index (χ0) is 15.3. The average Bonchev–Trinajstić information content (AvgIpc) is 3.22. The number of aliphatic carboxylic acids is 1. The van der Waals surface area contributed by atoms with Crippen LogP contribution in [0.2, 0.25) is 0 Å². The van der Waals surface area contributed by atoms with Crippen LogP contribution in [0.5, 0.6) is 0 Å². The van der Waals surface area contributed by atoms with Crippen LogP contribution in [0.1, 0.15) is 32.1 Å². The number of fused-ring (bicyclic) bond motifs is 2. The fourth-order valence-corrected chi connectivity index (χ4v) is 5.07. The van der Waals surface area contributed by atoms with Crippen molar-refractivity contribution >= 4 is 11.9 Å². The van der Waals surface area contributed by atoms with Crippen molar-refractivity contribution in [3.63, 3.8) is 0 Å². The first-order valence-electron chi connectivity index (χ1n) is 8.39. The molecule has 22 heavy (non-hydrogen) atoms. The minimum absolute atomic E-state index is 0.0486. The molecule has 0 radical (unpaired) electrons. The fourth-order valence-electron chi connectivity index (χ4n) is 5.07. The van der Waals surface area contributed by atoms with E-state index in [1.165, 1.54) is 0 Å². The third-order valence-corrected chi connectivity index (χ3v) is 6.14. The van der Waals surface area contributed by atoms with Gasteiger partial charge in [-0.2, -0.15) is 0 Å². The monoisotopic (exact) mass is 309 g/mol. The molecule has 6 heteroatoms. The third-order valence-electron chi connectivity index (χ3n) is 6.14. The molecule has 4 rings (SSSR count). The first-order chi connectivity index (χ1) is 10.6.